The van der Waals surface area contributed by atoms with Crippen molar-refractivity contribution in [2.24, 2.45) is 5.92 Å². The Morgan fingerprint density at radius 1 is 1.03 bits per heavy atom. The van der Waals surface area contributed by atoms with Crippen LogP contribution in [0.1, 0.15) is 25.0 Å². The van der Waals surface area contributed by atoms with Gasteiger partial charge in [0.15, 0.2) is 0 Å². The largest absolute Gasteiger partial charge is 0.339 e. The van der Waals surface area contributed by atoms with Crippen molar-refractivity contribution >= 4 is 15.9 Å². The Morgan fingerprint density at radius 2 is 1.61 bits per heavy atom. The molecule has 1 N–H and O–H groups in total. The molecule has 0 unspecified atom stereocenters. The predicted molar refractivity (Wildman–Crippen MR) is 118 cm³/mol. The van der Waals surface area contributed by atoms with Crippen molar-refractivity contribution < 1.29 is 17.6 Å². The molecule has 1 saturated heterocycles. The second kappa shape index (κ2) is 10.3. The van der Waals surface area contributed by atoms with E-state index in [0.29, 0.717) is 37.7 Å². The summed E-state index contributed by atoms with van der Waals surface area (Å²) in [5.41, 5.74) is 1.69. The van der Waals surface area contributed by atoms with Crippen LogP contribution in [0, 0.1) is 11.7 Å². The first-order valence-electron chi connectivity index (χ1n) is 10.6. The summed E-state index contributed by atoms with van der Waals surface area (Å²) in [5, 5.41) is 3.18. The van der Waals surface area contributed by atoms with Crippen molar-refractivity contribution in [2.75, 3.05) is 32.7 Å². The van der Waals surface area contributed by atoms with E-state index in [1.165, 1.54) is 16.4 Å². The molecule has 0 spiro atoms. The normalized spacial score (nSPS) is 14.9. The van der Waals surface area contributed by atoms with Gasteiger partial charge in [-0.05, 0) is 47.7 Å². The van der Waals surface area contributed by atoms with E-state index < -0.39 is 15.8 Å². The van der Waals surface area contributed by atoms with Gasteiger partial charge in [-0.3, -0.25) is 4.79 Å². The molecule has 0 bridgehead atoms. The summed E-state index contributed by atoms with van der Waals surface area (Å²) in [6.45, 7) is 6.43. The second-order valence-electron chi connectivity index (χ2n) is 8.27. The number of hydrogen-bond donors (Lipinski definition) is 1. The maximum Gasteiger partial charge on any atom is 0.243 e. The Morgan fingerprint density at radius 3 is 2.19 bits per heavy atom. The number of hydrogen-bond acceptors (Lipinski definition) is 4. The molecule has 0 saturated carbocycles. The van der Waals surface area contributed by atoms with Gasteiger partial charge in [0.25, 0.3) is 0 Å². The lowest BCUT2D eigenvalue weighted by Crippen LogP contribution is -2.50. The van der Waals surface area contributed by atoms with Crippen LogP contribution in [-0.2, 0) is 27.8 Å². The third-order valence-corrected chi connectivity index (χ3v) is 7.06. The number of nitrogens with zero attached hydrogens (tertiary/aromatic N) is 2. The number of carbonyl (C=O) groups excluding carboxylic acids is 1. The zero-order chi connectivity index (χ0) is 22.4. The van der Waals surface area contributed by atoms with Gasteiger partial charge in [0, 0.05) is 32.7 Å². The van der Waals surface area contributed by atoms with Crippen molar-refractivity contribution in [3.63, 3.8) is 0 Å². The molecule has 31 heavy (non-hydrogen) atoms. The third-order valence-electron chi connectivity index (χ3n) is 5.26. The number of rotatable bonds is 8. The summed E-state index contributed by atoms with van der Waals surface area (Å²) in [6.07, 6.45) is 0.862. The third kappa shape index (κ3) is 6.35. The zero-order valence-corrected chi connectivity index (χ0v) is 18.9. The number of piperazine rings is 1. The van der Waals surface area contributed by atoms with Crippen molar-refractivity contribution in [1.29, 1.82) is 0 Å². The fourth-order valence-electron chi connectivity index (χ4n) is 3.60. The average Bonchev–Trinajstić information content (AvgIpc) is 2.75. The fourth-order valence-corrected chi connectivity index (χ4v) is 4.98. The molecule has 6 nitrogen and oxygen atoms in total. The van der Waals surface area contributed by atoms with Crippen LogP contribution < -0.4 is 5.32 Å². The van der Waals surface area contributed by atoms with Gasteiger partial charge in [0.2, 0.25) is 15.9 Å². The van der Waals surface area contributed by atoms with Crippen molar-refractivity contribution in [3.8, 4) is 0 Å². The second-order valence-corrected chi connectivity index (χ2v) is 10.2. The van der Waals surface area contributed by atoms with E-state index in [0.717, 1.165) is 12.0 Å². The van der Waals surface area contributed by atoms with Gasteiger partial charge < -0.3 is 10.2 Å². The van der Waals surface area contributed by atoms with Gasteiger partial charge >= 0.3 is 0 Å². The van der Waals surface area contributed by atoms with E-state index in [-0.39, 0.29) is 23.9 Å². The molecule has 0 atom stereocenters. The first kappa shape index (κ1) is 23.4. The van der Waals surface area contributed by atoms with Gasteiger partial charge in [-0.2, -0.15) is 4.31 Å². The van der Waals surface area contributed by atoms with Gasteiger partial charge in [0.05, 0.1) is 11.4 Å². The van der Waals surface area contributed by atoms with Crippen LogP contribution >= 0.6 is 0 Å². The van der Waals surface area contributed by atoms with Gasteiger partial charge in [-0.15, -0.1) is 0 Å². The molecular formula is C23H30FN3O3S. The van der Waals surface area contributed by atoms with Gasteiger partial charge in [-0.1, -0.05) is 38.1 Å². The van der Waals surface area contributed by atoms with Crippen LogP contribution in [0.3, 0.4) is 0 Å². The summed E-state index contributed by atoms with van der Waals surface area (Å²) in [5.74, 6) is -0.159. The van der Waals surface area contributed by atoms with Crippen LogP contribution in [0.2, 0.25) is 0 Å². The zero-order valence-electron chi connectivity index (χ0n) is 18.1. The summed E-state index contributed by atoms with van der Waals surface area (Å²) >= 11 is 0. The molecule has 1 aliphatic heterocycles. The highest BCUT2D eigenvalue weighted by atomic mass is 32.2. The van der Waals surface area contributed by atoms with Gasteiger partial charge in [0.1, 0.15) is 5.82 Å². The molecule has 8 heteroatoms. The van der Waals surface area contributed by atoms with Crippen LogP contribution in [-0.4, -0.2) is 56.3 Å². The number of sulfonamides is 1. The predicted octanol–water partition coefficient (Wildman–Crippen LogP) is 2.65. The van der Waals surface area contributed by atoms with E-state index in [1.54, 1.807) is 29.2 Å². The number of amides is 1. The van der Waals surface area contributed by atoms with E-state index in [4.69, 9.17) is 0 Å². The topological polar surface area (TPSA) is 69.7 Å². The lowest BCUT2D eigenvalue weighted by Gasteiger charge is -2.30. The number of nitrogens with one attached hydrogen (secondary N) is 1. The Labute approximate surface area is 184 Å². The monoisotopic (exact) mass is 447 g/mol. The van der Waals surface area contributed by atoms with Crippen LogP contribution in [0.15, 0.2) is 53.4 Å². The van der Waals surface area contributed by atoms with E-state index in [9.17, 15) is 17.6 Å². The van der Waals surface area contributed by atoms with Crippen LogP contribution in [0.25, 0.3) is 0 Å². The Balaban J connectivity index is 1.85. The van der Waals surface area contributed by atoms with E-state index in [1.807, 2.05) is 12.1 Å². The van der Waals surface area contributed by atoms with Crippen LogP contribution in [0.5, 0.6) is 0 Å². The summed E-state index contributed by atoms with van der Waals surface area (Å²) in [7, 11) is -3.91. The lowest BCUT2D eigenvalue weighted by molar-refractivity contribution is -0.132. The van der Waals surface area contributed by atoms with Crippen molar-refractivity contribution in [1.82, 2.24) is 14.5 Å². The first-order chi connectivity index (χ1) is 14.8. The lowest BCUT2D eigenvalue weighted by atomic mass is 10.0. The van der Waals surface area contributed by atoms with Crippen LogP contribution in [0.4, 0.5) is 4.39 Å². The molecule has 1 heterocycles. The van der Waals surface area contributed by atoms with E-state index in [2.05, 4.69) is 19.2 Å². The highest BCUT2D eigenvalue weighted by molar-refractivity contribution is 7.89. The number of halogens is 1. The molecule has 2 aromatic carbocycles. The first-order valence-corrected chi connectivity index (χ1v) is 12.0. The Kier molecular flexibility index (Phi) is 7.80. The molecule has 0 aliphatic carbocycles. The highest BCUT2D eigenvalue weighted by Gasteiger charge is 2.29. The SMILES string of the molecule is CC(C)Cc1ccc(S(=O)(=O)N(CC(=O)N2CCNCC2)Cc2ccc(F)cc2)cc1. The summed E-state index contributed by atoms with van der Waals surface area (Å²) < 4.78 is 41.3. The molecule has 1 aliphatic rings. The standard InChI is InChI=1S/C23H30FN3O3S/c1-18(2)15-19-5-9-22(10-6-19)31(29,30)27(16-20-3-7-21(24)8-4-20)17-23(28)26-13-11-25-12-14-26/h3-10,18,25H,11-17H2,1-2H3. The smallest absolute Gasteiger partial charge is 0.243 e. The Bertz CT molecular complexity index is 970. The van der Waals surface area contributed by atoms with Gasteiger partial charge in [-0.25, -0.2) is 12.8 Å². The molecule has 0 aromatic heterocycles. The summed E-state index contributed by atoms with van der Waals surface area (Å²) in [4.78, 5) is 14.7. The molecule has 3 rings (SSSR count). The molecule has 168 valence electrons. The molecule has 1 amide bonds. The summed E-state index contributed by atoms with van der Waals surface area (Å²) in [6, 6.07) is 12.5. The molecule has 1 fully saturated rings. The quantitative estimate of drug-likeness (QED) is 0.676. The van der Waals surface area contributed by atoms with E-state index >= 15 is 0 Å². The minimum atomic E-state index is -3.91. The highest BCUT2D eigenvalue weighted by Crippen LogP contribution is 2.21. The number of carbonyl (C=O) groups is 1. The average molecular weight is 448 g/mol. The number of benzene rings is 2. The maximum absolute atomic E-state index is 13.4. The van der Waals surface area contributed by atoms with Crippen molar-refractivity contribution in [3.05, 3.63) is 65.5 Å². The Hall–Kier alpha value is -2.29. The van der Waals surface area contributed by atoms with Crippen molar-refractivity contribution in [2.45, 2.75) is 31.7 Å². The molecule has 2 aromatic rings. The minimum Gasteiger partial charge on any atom is -0.339 e. The maximum atomic E-state index is 13.4. The fraction of sp³-hybridized carbons (Fsp3) is 0.435. The molecule has 0 radical (unpaired) electrons. The minimum absolute atomic E-state index is 0.00577. The molecular weight excluding hydrogens is 417 g/mol.